The minimum absolute atomic E-state index is 0. The third-order valence-electron chi connectivity index (χ3n) is 5.07. The Bertz CT molecular complexity index is 991. The van der Waals surface area contributed by atoms with Gasteiger partial charge in [0.2, 0.25) is 10.0 Å². The van der Waals surface area contributed by atoms with Gasteiger partial charge in [0, 0.05) is 26.2 Å². The molecule has 1 aliphatic rings. The number of sulfonamides is 1. The van der Waals surface area contributed by atoms with E-state index in [0.717, 1.165) is 24.0 Å². The summed E-state index contributed by atoms with van der Waals surface area (Å²) in [5.41, 5.74) is 2.49. The van der Waals surface area contributed by atoms with Crippen molar-refractivity contribution in [2.24, 2.45) is 4.99 Å². The monoisotopic (exact) mass is 560 g/mol. The predicted octanol–water partition coefficient (Wildman–Crippen LogP) is 3.79. The third-order valence-corrected chi connectivity index (χ3v) is 6.99. The molecule has 0 saturated carbocycles. The van der Waals surface area contributed by atoms with Crippen LogP contribution in [0.15, 0.2) is 52.4 Å². The first-order valence-corrected chi connectivity index (χ1v) is 11.7. The van der Waals surface area contributed by atoms with E-state index in [4.69, 9.17) is 0 Å². The van der Waals surface area contributed by atoms with Crippen LogP contribution < -0.4 is 10.6 Å². The molecule has 1 aliphatic heterocycles. The molecule has 6 nitrogen and oxygen atoms in total. The van der Waals surface area contributed by atoms with E-state index < -0.39 is 10.0 Å². The van der Waals surface area contributed by atoms with E-state index in [1.165, 1.54) is 6.07 Å². The third kappa shape index (κ3) is 6.88. The molecule has 3 rings (SSSR count). The quantitative estimate of drug-likeness (QED) is 0.307. The van der Waals surface area contributed by atoms with Gasteiger partial charge in [-0.25, -0.2) is 17.8 Å². The Labute approximate surface area is 201 Å². The zero-order chi connectivity index (χ0) is 21.6. The summed E-state index contributed by atoms with van der Waals surface area (Å²) in [5.74, 6) is 0.427. The SMILES string of the molecule is CCNC(=NCc1ccc(F)c(C)c1)NCc1ccc(S(=O)(=O)N2CCCC2)cc1.I. The first-order valence-electron chi connectivity index (χ1n) is 10.3. The van der Waals surface area contributed by atoms with Crippen molar-refractivity contribution in [3.8, 4) is 0 Å². The molecular formula is C22H30FIN4O2S. The maximum Gasteiger partial charge on any atom is 0.243 e. The normalized spacial score (nSPS) is 14.9. The van der Waals surface area contributed by atoms with Crippen LogP contribution in [0.4, 0.5) is 4.39 Å². The topological polar surface area (TPSA) is 73.8 Å². The van der Waals surface area contributed by atoms with Crippen molar-refractivity contribution >= 4 is 40.0 Å². The summed E-state index contributed by atoms with van der Waals surface area (Å²) >= 11 is 0. The van der Waals surface area contributed by atoms with E-state index in [1.54, 1.807) is 35.5 Å². The number of aliphatic imine (C=N–C) groups is 1. The summed E-state index contributed by atoms with van der Waals surface area (Å²) in [6.07, 6.45) is 1.84. The Morgan fingerprint density at radius 3 is 2.32 bits per heavy atom. The highest BCUT2D eigenvalue weighted by Gasteiger charge is 2.26. The first-order chi connectivity index (χ1) is 14.4. The number of guanidine groups is 1. The van der Waals surface area contributed by atoms with E-state index in [2.05, 4.69) is 15.6 Å². The molecule has 0 atom stereocenters. The van der Waals surface area contributed by atoms with Crippen molar-refractivity contribution in [2.75, 3.05) is 19.6 Å². The van der Waals surface area contributed by atoms with Crippen LogP contribution in [0.1, 0.15) is 36.5 Å². The number of halogens is 2. The van der Waals surface area contributed by atoms with E-state index in [9.17, 15) is 12.8 Å². The molecule has 31 heavy (non-hydrogen) atoms. The summed E-state index contributed by atoms with van der Waals surface area (Å²) < 4.78 is 40.2. The van der Waals surface area contributed by atoms with E-state index >= 15 is 0 Å². The highest BCUT2D eigenvalue weighted by atomic mass is 127. The minimum atomic E-state index is -3.39. The van der Waals surface area contributed by atoms with Gasteiger partial charge in [-0.05, 0) is 61.6 Å². The van der Waals surface area contributed by atoms with Crippen LogP contribution in [0.2, 0.25) is 0 Å². The lowest BCUT2D eigenvalue weighted by Gasteiger charge is -2.16. The number of hydrogen-bond donors (Lipinski definition) is 2. The van der Waals surface area contributed by atoms with Crippen LogP contribution in [0.25, 0.3) is 0 Å². The largest absolute Gasteiger partial charge is 0.357 e. The number of nitrogens with one attached hydrogen (secondary N) is 2. The molecule has 0 aliphatic carbocycles. The van der Waals surface area contributed by atoms with E-state index in [-0.39, 0.29) is 29.8 Å². The lowest BCUT2D eigenvalue weighted by atomic mass is 10.1. The minimum Gasteiger partial charge on any atom is -0.357 e. The summed E-state index contributed by atoms with van der Waals surface area (Å²) in [5, 5.41) is 6.44. The fourth-order valence-corrected chi connectivity index (χ4v) is 4.88. The number of hydrogen-bond acceptors (Lipinski definition) is 3. The van der Waals surface area contributed by atoms with Gasteiger partial charge in [0.15, 0.2) is 5.96 Å². The number of benzene rings is 2. The molecule has 170 valence electrons. The molecule has 2 N–H and O–H groups in total. The predicted molar refractivity (Wildman–Crippen MR) is 133 cm³/mol. The molecule has 0 aromatic heterocycles. The summed E-state index contributed by atoms with van der Waals surface area (Å²) in [6, 6.07) is 12.0. The van der Waals surface area contributed by atoms with Crippen LogP contribution in [0.3, 0.4) is 0 Å². The summed E-state index contributed by atoms with van der Waals surface area (Å²) in [7, 11) is -3.39. The molecule has 2 aromatic carbocycles. The Balaban J connectivity index is 0.00000341. The van der Waals surface area contributed by atoms with Crippen molar-refractivity contribution < 1.29 is 12.8 Å². The van der Waals surface area contributed by atoms with Gasteiger partial charge < -0.3 is 10.6 Å². The van der Waals surface area contributed by atoms with E-state index in [0.29, 0.717) is 49.1 Å². The highest BCUT2D eigenvalue weighted by Crippen LogP contribution is 2.21. The number of rotatable bonds is 7. The summed E-state index contributed by atoms with van der Waals surface area (Å²) in [4.78, 5) is 4.88. The van der Waals surface area contributed by atoms with E-state index in [1.807, 2.05) is 19.1 Å². The number of aryl methyl sites for hydroxylation is 1. The van der Waals surface area contributed by atoms with Crippen LogP contribution in [-0.4, -0.2) is 38.3 Å². The maximum atomic E-state index is 13.4. The lowest BCUT2D eigenvalue weighted by molar-refractivity contribution is 0.477. The van der Waals surface area contributed by atoms with Gasteiger partial charge in [-0.1, -0.05) is 24.3 Å². The molecule has 0 bridgehead atoms. The molecule has 0 spiro atoms. The average Bonchev–Trinajstić information content (AvgIpc) is 3.29. The average molecular weight is 560 g/mol. The zero-order valence-corrected chi connectivity index (χ0v) is 21.0. The maximum absolute atomic E-state index is 13.4. The van der Waals surface area contributed by atoms with Gasteiger partial charge in [-0.2, -0.15) is 4.31 Å². The lowest BCUT2D eigenvalue weighted by Crippen LogP contribution is -2.36. The molecule has 1 saturated heterocycles. The fourth-order valence-electron chi connectivity index (χ4n) is 3.36. The second-order valence-electron chi connectivity index (χ2n) is 7.39. The van der Waals surface area contributed by atoms with Crippen molar-refractivity contribution in [1.82, 2.24) is 14.9 Å². The second-order valence-corrected chi connectivity index (χ2v) is 9.33. The Kier molecular flexibility index (Phi) is 9.70. The molecular weight excluding hydrogens is 530 g/mol. The Morgan fingerprint density at radius 2 is 1.71 bits per heavy atom. The first kappa shape index (κ1) is 25.5. The standard InChI is InChI=1S/C22H29FN4O2S.HI/c1-3-24-22(26-16-19-8-11-21(23)17(2)14-19)25-15-18-6-9-20(10-7-18)30(28,29)27-12-4-5-13-27;/h6-11,14H,3-5,12-13,15-16H2,1-2H3,(H2,24,25,26);1H. The van der Waals surface area contributed by atoms with Crippen LogP contribution in [0.5, 0.6) is 0 Å². The van der Waals surface area contributed by atoms with Crippen molar-refractivity contribution in [3.63, 3.8) is 0 Å². The van der Waals surface area contributed by atoms with Gasteiger partial charge in [0.25, 0.3) is 0 Å². The van der Waals surface area contributed by atoms with Gasteiger partial charge in [0.05, 0.1) is 11.4 Å². The molecule has 1 fully saturated rings. The molecule has 0 radical (unpaired) electrons. The summed E-state index contributed by atoms with van der Waals surface area (Å²) in [6.45, 7) is 6.57. The molecule has 0 amide bonds. The van der Waals surface area contributed by atoms with Crippen molar-refractivity contribution in [3.05, 3.63) is 65.0 Å². The van der Waals surface area contributed by atoms with Crippen molar-refractivity contribution in [1.29, 1.82) is 0 Å². The van der Waals surface area contributed by atoms with Gasteiger partial charge in [-0.3, -0.25) is 0 Å². The van der Waals surface area contributed by atoms with Gasteiger partial charge in [0.1, 0.15) is 5.82 Å². The van der Waals surface area contributed by atoms with Crippen LogP contribution in [-0.2, 0) is 23.1 Å². The Morgan fingerprint density at radius 1 is 1.06 bits per heavy atom. The van der Waals surface area contributed by atoms with Gasteiger partial charge in [-0.15, -0.1) is 24.0 Å². The van der Waals surface area contributed by atoms with Gasteiger partial charge >= 0.3 is 0 Å². The smallest absolute Gasteiger partial charge is 0.243 e. The van der Waals surface area contributed by atoms with Crippen LogP contribution in [0, 0.1) is 12.7 Å². The zero-order valence-electron chi connectivity index (χ0n) is 17.9. The molecule has 1 heterocycles. The highest BCUT2D eigenvalue weighted by molar-refractivity contribution is 14.0. The number of nitrogens with zero attached hydrogens (tertiary/aromatic N) is 2. The molecule has 2 aromatic rings. The Hall–Kier alpha value is -1.72. The second kappa shape index (κ2) is 11.8. The molecule has 9 heteroatoms. The van der Waals surface area contributed by atoms with Crippen LogP contribution >= 0.6 is 24.0 Å². The fraction of sp³-hybridized carbons (Fsp3) is 0.409. The van der Waals surface area contributed by atoms with Crippen molar-refractivity contribution in [2.45, 2.75) is 44.7 Å². The molecule has 0 unspecified atom stereocenters.